The van der Waals surface area contributed by atoms with Crippen molar-refractivity contribution in [1.29, 1.82) is 0 Å². The Hall–Kier alpha value is -1.03. The molecule has 0 aromatic carbocycles. The second-order valence-electron chi connectivity index (χ2n) is 4.22. The zero-order valence-electron chi connectivity index (χ0n) is 10.1. The number of rotatable bonds is 3. The summed E-state index contributed by atoms with van der Waals surface area (Å²) >= 11 is 0. The topological polar surface area (TPSA) is 105 Å². The number of sulfonamides is 1. The first-order valence-corrected chi connectivity index (χ1v) is 8.88. The van der Waals surface area contributed by atoms with Crippen LogP contribution in [0.15, 0.2) is 23.4 Å². The average molecular weight is 306 g/mol. The summed E-state index contributed by atoms with van der Waals surface area (Å²) in [7, 11) is -6.89. The molecule has 0 aliphatic carbocycles. The lowest BCUT2D eigenvalue weighted by Crippen LogP contribution is -2.43. The van der Waals surface area contributed by atoms with E-state index < -0.39 is 19.9 Å². The highest BCUT2D eigenvalue weighted by molar-refractivity contribution is 7.92. The van der Waals surface area contributed by atoms with E-state index >= 15 is 0 Å². The molecule has 0 saturated carbocycles. The predicted molar refractivity (Wildman–Crippen MR) is 67.6 cm³/mol. The van der Waals surface area contributed by atoms with E-state index in [4.69, 9.17) is 5.11 Å². The zero-order valence-corrected chi connectivity index (χ0v) is 11.7. The van der Waals surface area contributed by atoms with Gasteiger partial charge in [0.05, 0.1) is 18.1 Å². The van der Waals surface area contributed by atoms with Crippen molar-refractivity contribution in [2.45, 2.75) is 11.6 Å². The highest BCUT2D eigenvalue weighted by Crippen LogP contribution is 2.16. The van der Waals surface area contributed by atoms with Gasteiger partial charge in [0.25, 0.3) is 10.0 Å². The number of aliphatic hydroxyl groups is 1. The molecule has 0 atom stereocenters. The molecule has 1 fully saturated rings. The van der Waals surface area contributed by atoms with Crippen LogP contribution in [0.25, 0.3) is 0 Å². The second-order valence-corrected chi connectivity index (χ2v) is 8.41. The molecule has 1 aliphatic rings. The van der Waals surface area contributed by atoms with Crippen LogP contribution in [0.1, 0.15) is 5.56 Å². The first kappa shape index (κ1) is 14.4. The third kappa shape index (κ3) is 3.11. The van der Waals surface area contributed by atoms with Crippen molar-refractivity contribution < 1.29 is 21.9 Å². The summed E-state index contributed by atoms with van der Waals surface area (Å²) in [6, 6.07) is 2.78. The standard InChI is InChI=1S/C10H14N2O5S2/c13-8-9-1-2-10(11-7-9)19(16,17)12-3-5-18(14,15)6-4-12/h1-2,7,13H,3-6,8H2. The first-order valence-electron chi connectivity index (χ1n) is 5.61. The number of nitrogens with zero attached hydrogens (tertiary/aromatic N) is 2. The molecule has 2 rings (SSSR count). The summed E-state index contributed by atoms with van der Waals surface area (Å²) in [5, 5.41) is 8.74. The highest BCUT2D eigenvalue weighted by Gasteiger charge is 2.31. The molecule has 1 saturated heterocycles. The molecule has 0 amide bonds. The van der Waals surface area contributed by atoms with Crippen molar-refractivity contribution >= 4 is 19.9 Å². The van der Waals surface area contributed by atoms with E-state index in [1.165, 1.54) is 18.3 Å². The van der Waals surface area contributed by atoms with Crippen LogP contribution < -0.4 is 0 Å². The average Bonchev–Trinajstić information content (AvgIpc) is 2.38. The first-order chi connectivity index (χ1) is 8.85. The lowest BCUT2D eigenvalue weighted by atomic mass is 10.3. The van der Waals surface area contributed by atoms with E-state index in [0.29, 0.717) is 5.56 Å². The van der Waals surface area contributed by atoms with Crippen molar-refractivity contribution in [3.8, 4) is 0 Å². The van der Waals surface area contributed by atoms with Gasteiger partial charge in [0.15, 0.2) is 14.9 Å². The normalized spacial score (nSPS) is 20.3. The van der Waals surface area contributed by atoms with Crippen LogP contribution in [0.5, 0.6) is 0 Å². The molecular formula is C10H14N2O5S2. The lowest BCUT2D eigenvalue weighted by Gasteiger charge is -2.25. The Morgan fingerprint density at radius 2 is 1.89 bits per heavy atom. The number of hydrogen-bond acceptors (Lipinski definition) is 6. The Balaban J connectivity index is 2.22. The van der Waals surface area contributed by atoms with Crippen LogP contribution in [-0.2, 0) is 26.5 Å². The number of aromatic nitrogens is 1. The van der Waals surface area contributed by atoms with E-state index in [2.05, 4.69) is 4.98 Å². The molecule has 19 heavy (non-hydrogen) atoms. The second kappa shape index (κ2) is 5.16. The quantitative estimate of drug-likeness (QED) is 0.767. The fourth-order valence-electron chi connectivity index (χ4n) is 1.73. The number of aliphatic hydroxyl groups excluding tert-OH is 1. The van der Waals surface area contributed by atoms with E-state index in [0.717, 1.165) is 4.31 Å². The SMILES string of the molecule is O=S1(=O)CCN(S(=O)(=O)c2ccc(CO)cn2)CC1. The van der Waals surface area contributed by atoms with E-state index in [1.54, 1.807) is 0 Å². The van der Waals surface area contributed by atoms with E-state index in [9.17, 15) is 16.8 Å². The fourth-order valence-corrected chi connectivity index (χ4v) is 4.51. The molecule has 9 heteroatoms. The number of hydrogen-bond donors (Lipinski definition) is 1. The van der Waals surface area contributed by atoms with Crippen LogP contribution in [-0.4, -0.2) is 55.8 Å². The molecule has 1 aromatic heterocycles. The van der Waals surface area contributed by atoms with Crippen LogP contribution in [0.2, 0.25) is 0 Å². The predicted octanol–water partition coefficient (Wildman–Crippen LogP) is -1.01. The van der Waals surface area contributed by atoms with Crippen LogP contribution in [0.3, 0.4) is 0 Å². The molecular weight excluding hydrogens is 292 g/mol. The minimum Gasteiger partial charge on any atom is -0.392 e. The van der Waals surface area contributed by atoms with Gasteiger partial charge in [-0.05, 0) is 11.6 Å². The van der Waals surface area contributed by atoms with Gasteiger partial charge in [-0.1, -0.05) is 6.07 Å². The molecule has 0 radical (unpaired) electrons. The summed E-state index contributed by atoms with van der Waals surface area (Å²) in [5.74, 6) is -0.331. The molecule has 2 heterocycles. The largest absolute Gasteiger partial charge is 0.392 e. The molecule has 1 aliphatic heterocycles. The smallest absolute Gasteiger partial charge is 0.260 e. The molecule has 7 nitrogen and oxygen atoms in total. The zero-order chi connectivity index (χ0) is 14.1. The van der Waals surface area contributed by atoms with Gasteiger partial charge in [0, 0.05) is 19.3 Å². The Labute approximate surface area is 111 Å². The number of pyridine rings is 1. The molecule has 1 N–H and O–H groups in total. The van der Waals surface area contributed by atoms with Gasteiger partial charge >= 0.3 is 0 Å². The summed E-state index contributed by atoms with van der Waals surface area (Å²) in [5.41, 5.74) is 0.514. The molecule has 106 valence electrons. The maximum atomic E-state index is 12.2. The van der Waals surface area contributed by atoms with Gasteiger partial charge in [-0.15, -0.1) is 0 Å². The van der Waals surface area contributed by atoms with Crippen molar-refractivity contribution in [3.63, 3.8) is 0 Å². The van der Waals surface area contributed by atoms with Crippen LogP contribution >= 0.6 is 0 Å². The summed E-state index contributed by atoms with van der Waals surface area (Å²) in [6.45, 7) is -0.308. The minimum absolute atomic E-state index is 0.0475. The van der Waals surface area contributed by atoms with Gasteiger partial charge in [-0.2, -0.15) is 4.31 Å². The Morgan fingerprint density at radius 1 is 1.26 bits per heavy atom. The molecule has 1 aromatic rings. The lowest BCUT2D eigenvalue weighted by molar-refractivity contribution is 0.281. The van der Waals surface area contributed by atoms with Crippen molar-refractivity contribution in [3.05, 3.63) is 23.9 Å². The Bertz CT molecular complexity index is 638. The monoisotopic (exact) mass is 306 g/mol. The van der Waals surface area contributed by atoms with Gasteiger partial charge in [0.1, 0.15) is 0 Å². The van der Waals surface area contributed by atoms with Crippen molar-refractivity contribution in [2.75, 3.05) is 24.6 Å². The van der Waals surface area contributed by atoms with E-state index in [-0.39, 0.29) is 36.2 Å². The van der Waals surface area contributed by atoms with Gasteiger partial charge in [-0.3, -0.25) is 0 Å². The maximum absolute atomic E-state index is 12.2. The van der Waals surface area contributed by atoms with Crippen LogP contribution in [0.4, 0.5) is 0 Å². The summed E-state index contributed by atoms with van der Waals surface area (Å²) in [4.78, 5) is 3.79. The molecule has 0 spiro atoms. The Kier molecular flexibility index (Phi) is 3.90. The fraction of sp³-hybridized carbons (Fsp3) is 0.500. The minimum atomic E-state index is -3.76. The highest BCUT2D eigenvalue weighted by atomic mass is 32.2. The molecule has 0 unspecified atom stereocenters. The number of sulfone groups is 1. The van der Waals surface area contributed by atoms with Gasteiger partial charge in [-0.25, -0.2) is 21.8 Å². The third-order valence-electron chi connectivity index (χ3n) is 2.89. The molecule has 0 bridgehead atoms. The third-order valence-corrected chi connectivity index (χ3v) is 6.31. The maximum Gasteiger partial charge on any atom is 0.260 e. The van der Waals surface area contributed by atoms with Crippen molar-refractivity contribution in [2.24, 2.45) is 0 Å². The van der Waals surface area contributed by atoms with Gasteiger partial charge < -0.3 is 5.11 Å². The van der Waals surface area contributed by atoms with Crippen LogP contribution in [0, 0.1) is 0 Å². The van der Waals surface area contributed by atoms with Crippen molar-refractivity contribution in [1.82, 2.24) is 9.29 Å². The Morgan fingerprint density at radius 3 is 2.37 bits per heavy atom. The van der Waals surface area contributed by atoms with Gasteiger partial charge in [0.2, 0.25) is 0 Å². The summed E-state index contributed by atoms with van der Waals surface area (Å²) < 4.78 is 48.1. The summed E-state index contributed by atoms with van der Waals surface area (Å²) in [6.07, 6.45) is 1.29. The van der Waals surface area contributed by atoms with E-state index in [1.807, 2.05) is 0 Å².